The first kappa shape index (κ1) is 22.6. The molecule has 0 N–H and O–H groups in total. The van der Waals surface area contributed by atoms with E-state index < -0.39 is 0 Å². The SMILES string of the molecule is [2H]c1c([2H])c([2H])c(-c2cccc3sc4ccc(-n5c6ccc(C(C)C)cc6c6cc(C(C)(C)C)ccc65)c(C(C)(C)C)c4c23)c([2H])c1[2H]. The molecule has 0 saturated heterocycles. The highest BCUT2D eigenvalue weighted by Gasteiger charge is 2.28. The number of hydrogen-bond donors (Lipinski definition) is 0. The number of hydrogen-bond acceptors (Lipinski definition) is 1. The molecule has 0 bridgehead atoms. The third kappa shape index (κ3) is 4.50. The van der Waals surface area contributed by atoms with Crippen molar-refractivity contribution in [1.29, 1.82) is 0 Å². The smallest absolute Gasteiger partial charge is 0.0629 e. The average Bonchev–Trinajstić information content (AvgIpc) is 3.56. The van der Waals surface area contributed by atoms with E-state index in [0.29, 0.717) is 11.5 Å². The van der Waals surface area contributed by atoms with Crippen molar-refractivity contribution >= 4 is 53.3 Å². The molecule has 2 heteroatoms. The third-order valence-electron chi connectivity index (χ3n) is 8.72. The van der Waals surface area contributed by atoms with Crippen molar-refractivity contribution in [3.8, 4) is 16.8 Å². The van der Waals surface area contributed by atoms with Gasteiger partial charge in [-0.1, -0.05) is 110 Å². The molecule has 7 rings (SSSR count). The summed E-state index contributed by atoms with van der Waals surface area (Å²) in [4.78, 5) is 0. The van der Waals surface area contributed by atoms with Crippen LogP contribution in [0.2, 0.25) is 0 Å². The summed E-state index contributed by atoms with van der Waals surface area (Å²) in [6.45, 7) is 18.0. The molecule has 0 fully saturated rings. The van der Waals surface area contributed by atoms with Crippen LogP contribution in [0.3, 0.4) is 0 Å². The van der Waals surface area contributed by atoms with E-state index in [0.717, 1.165) is 42.5 Å². The fraction of sp³-hybridized carbons (Fsp3) is 0.268. The number of thiophene rings is 1. The lowest BCUT2D eigenvalue weighted by molar-refractivity contribution is 0.591. The first-order valence-electron chi connectivity index (χ1n) is 17.7. The Kier molecular flexibility index (Phi) is 5.17. The van der Waals surface area contributed by atoms with Crippen molar-refractivity contribution in [2.24, 2.45) is 0 Å². The molecule has 2 heterocycles. The van der Waals surface area contributed by atoms with Gasteiger partial charge in [0.15, 0.2) is 0 Å². The quantitative estimate of drug-likeness (QED) is 0.195. The maximum atomic E-state index is 8.86. The second-order valence-electron chi connectivity index (χ2n) is 14.1. The van der Waals surface area contributed by atoms with Crippen molar-refractivity contribution in [2.75, 3.05) is 0 Å². The maximum Gasteiger partial charge on any atom is 0.0629 e. The van der Waals surface area contributed by atoms with E-state index >= 15 is 0 Å². The van der Waals surface area contributed by atoms with E-state index in [1.165, 1.54) is 21.9 Å². The van der Waals surface area contributed by atoms with Crippen LogP contribution in [-0.4, -0.2) is 4.57 Å². The Balaban J connectivity index is 1.66. The normalized spacial score (nSPS) is 14.5. The summed E-state index contributed by atoms with van der Waals surface area (Å²) in [6, 6.07) is 22.7. The Bertz CT molecular complexity index is 2420. The Hall–Kier alpha value is -3.88. The number of nitrogens with zero attached hydrogens (tertiary/aromatic N) is 1. The monoisotopic (exact) mass is 584 g/mol. The standard InChI is InChI=1S/C41H41NS/c1-25(2)27-17-19-32-30(23-27)31-24-28(40(3,4)5)18-20-33(31)42(32)34-21-22-36-38(39(34)41(6,7)8)37-29(15-12-16-35(37)43-36)26-13-10-9-11-14-26/h9-25H,1-8H3/i9D,10D,11D,13D,14D. The Morgan fingerprint density at radius 2 is 1.37 bits per heavy atom. The number of fused-ring (bicyclic) bond motifs is 6. The van der Waals surface area contributed by atoms with Gasteiger partial charge in [0.05, 0.1) is 23.6 Å². The van der Waals surface area contributed by atoms with Gasteiger partial charge >= 0.3 is 0 Å². The van der Waals surface area contributed by atoms with E-state index in [9.17, 15) is 0 Å². The fourth-order valence-corrected chi connectivity index (χ4v) is 7.70. The Labute approximate surface area is 266 Å². The number of aromatic nitrogens is 1. The molecule has 0 amide bonds. The lowest BCUT2D eigenvalue weighted by Crippen LogP contribution is -2.16. The highest BCUT2D eigenvalue weighted by Crippen LogP contribution is 2.48. The van der Waals surface area contributed by atoms with E-state index in [1.807, 2.05) is 12.1 Å². The molecule has 0 saturated carbocycles. The van der Waals surface area contributed by atoms with Gasteiger partial charge in [-0.3, -0.25) is 0 Å². The van der Waals surface area contributed by atoms with Crippen molar-refractivity contribution in [2.45, 2.75) is 72.1 Å². The zero-order valence-electron chi connectivity index (χ0n) is 31.3. The molecule has 0 unspecified atom stereocenters. The fourth-order valence-electron chi connectivity index (χ4n) is 6.56. The molecule has 7 aromatic rings. The highest BCUT2D eigenvalue weighted by atomic mass is 32.1. The van der Waals surface area contributed by atoms with Crippen LogP contribution in [0.4, 0.5) is 0 Å². The first-order chi connectivity index (χ1) is 22.5. The predicted molar refractivity (Wildman–Crippen MR) is 191 cm³/mol. The molecule has 5 aromatic carbocycles. The molecule has 0 aliphatic heterocycles. The van der Waals surface area contributed by atoms with E-state index in [1.54, 1.807) is 11.3 Å². The minimum absolute atomic E-state index is 0.00312. The topological polar surface area (TPSA) is 4.93 Å². The lowest BCUT2D eigenvalue weighted by Gasteiger charge is -2.26. The van der Waals surface area contributed by atoms with Crippen molar-refractivity contribution in [1.82, 2.24) is 4.57 Å². The minimum atomic E-state index is -0.379. The van der Waals surface area contributed by atoms with Gasteiger partial charge in [0.2, 0.25) is 0 Å². The number of benzene rings is 5. The lowest BCUT2D eigenvalue weighted by atomic mass is 9.82. The van der Waals surface area contributed by atoms with Crippen molar-refractivity contribution in [3.05, 3.63) is 114 Å². The van der Waals surface area contributed by atoms with E-state index in [4.69, 9.17) is 6.85 Å². The van der Waals surface area contributed by atoms with Gasteiger partial charge in [0.1, 0.15) is 0 Å². The van der Waals surface area contributed by atoms with Crippen molar-refractivity contribution in [3.63, 3.8) is 0 Å². The van der Waals surface area contributed by atoms with Crippen LogP contribution in [0.5, 0.6) is 0 Å². The predicted octanol–water partition coefficient (Wildman–Crippen LogP) is 12.5. The maximum absolute atomic E-state index is 8.86. The summed E-state index contributed by atoms with van der Waals surface area (Å²) >= 11 is 1.68. The van der Waals surface area contributed by atoms with Crippen LogP contribution in [0, 0.1) is 0 Å². The van der Waals surface area contributed by atoms with Gasteiger partial charge < -0.3 is 4.57 Å². The molecular formula is C41H41NS. The molecule has 1 nitrogen and oxygen atoms in total. The van der Waals surface area contributed by atoms with Crippen molar-refractivity contribution < 1.29 is 6.85 Å². The van der Waals surface area contributed by atoms with Gasteiger partial charge in [0.25, 0.3) is 0 Å². The zero-order chi connectivity index (χ0) is 34.6. The first-order valence-corrected chi connectivity index (χ1v) is 16.0. The van der Waals surface area contributed by atoms with Gasteiger partial charge in [-0.05, 0) is 87.0 Å². The Morgan fingerprint density at radius 3 is 2.05 bits per heavy atom. The highest BCUT2D eigenvalue weighted by molar-refractivity contribution is 7.26. The molecule has 43 heavy (non-hydrogen) atoms. The summed E-state index contributed by atoms with van der Waals surface area (Å²) in [5.74, 6) is 0.400. The van der Waals surface area contributed by atoms with Crippen LogP contribution in [0.25, 0.3) is 58.8 Å². The second kappa shape index (κ2) is 9.82. The van der Waals surface area contributed by atoms with Gasteiger partial charge in [-0.2, -0.15) is 0 Å². The molecule has 0 radical (unpaired) electrons. The third-order valence-corrected chi connectivity index (χ3v) is 9.84. The molecule has 2 aromatic heterocycles. The van der Waals surface area contributed by atoms with Gasteiger partial charge in [-0.15, -0.1) is 11.3 Å². The molecule has 216 valence electrons. The molecule has 0 atom stereocenters. The Morgan fingerprint density at radius 1 is 0.698 bits per heavy atom. The average molecular weight is 585 g/mol. The molecule has 0 aliphatic rings. The van der Waals surface area contributed by atoms with Crippen LogP contribution in [0.1, 0.15) is 84.9 Å². The summed E-state index contributed by atoms with van der Waals surface area (Å²) in [6.07, 6.45) is 0. The number of rotatable bonds is 3. The largest absolute Gasteiger partial charge is 0.309 e. The van der Waals surface area contributed by atoms with Crippen LogP contribution < -0.4 is 0 Å². The summed E-state index contributed by atoms with van der Waals surface area (Å²) < 4.78 is 47.3. The zero-order valence-corrected chi connectivity index (χ0v) is 27.1. The van der Waals surface area contributed by atoms with E-state index in [-0.39, 0.29) is 46.6 Å². The summed E-state index contributed by atoms with van der Waals surface area (Å²) in [7, 11) is 0. The van der Waals surface area contributed by atoms with Crippen LogP contribution in [0.15, 0.2) is 96.9 Å². The minimum Gasteiger partial charge on any atom is -0.309 e. The van der Waals surface area contributed by atoms with Crippen LogP contribution >= 0.6 is 11.3 Å². The summed E-state index contributed by atoms with van der Waals surface area (Å²) in [5, 5.41) is 4.47. The molecular weight excluding hydrogens is 539 g/mol. The summed E-state index contributed by atoms with van der Waals surface area (Å²) in [5.41, 5.74) is 7.75. The van der Waals surface area contributed by atoms with E-state index in [2.05, 4.69) is 115 Å². The van der Waals surface area contributed by atoms with Gasteiger partial charge in [-0.25, -0.2) is 0 Å². The van der Waals surface area contributed by atoms with Gasteiger partial charge in [0, 0.05) is 30.9 Å². The molecule has 0 spiro atoms. The second-order valence-corrected chi connectivity index (χ2v) is 15.2. The molecule has 0 aliphatic carbocycles. The van der Waals surface area contributed by atoms with Crippen LogP contribution in [-0.2, 0) is 10.8 Å².